The number of rotatable bonds is 11. The molecule has 1 unspecified atom stereocenters. The van der Waals surface area contributed by atoms with E-state index in [0.717, 1.165) is 98.0 Å². The molecule has 216 valence electrons. The number of carbonyl (C=O) groups excluding carboxylic acids is 1. The van der Waals surface area contributed by atoms with Crippen molar-refractivity contribution in [1.82, 2.24) is 10.2 Å². The number of nitrogens with one attached hydrogen (secondary N) is 1. The Labute approximate surface area is 236 Å². The third-order valence-corrected chi connectivity index (χ3v) is 7.63. The van der Waals surface area contributed by atoms with E-state index in [-0.39, 0.29) is 12.5 Å². The second kappa shape index (κ2) is 13.4. The Kier molecular flexibility index (Phi) is 9.46. The Bertz CT molecular complexity index is 1190. The number of methoxy groups -OCH3 is 1. The van der Waals surface area contributed by atoms with Gasteiger partial charge in [0.25, 0.3) is 0 Å². The molecule has 2 N–H and O–H groups in total. The van der Waals surface area contributed by atoms with Crippen LogP contribution in [0.4, 0.5) is 5.69 Å². The van der Waals surface area contributed by atoms with Crippen molar-refractivity contribution in [1.29, 1.82) is 0 Å². The Balaban J connectivity index is 1.43. The van der Waals surface area contributed by atoms with Gasteiger partial charge in [-0.05, 0) is 49.9 Å². The van der Waals surface area contributed by atoms with Crippen molar-refractivity contribution in [3.05, 3.63) is 53.2 Å². The molecule has 3 aliphatic rings. The summed E-state index contributed by atoms with van der Waals surface area (Å²) >= 11 is 0. The number of ether oxygens (including phenoxy) is 4. The molecular formula is C31H41N3O6. The molecule has 9 heteroatoms. The average molecular weight is 552 g/mol. The first-order valence-electron chi connectivity index (χ1n) is 14.4. The maximum atomic E-state index is 13.2. The van der Waals surface area contributed by atoms with Crippen molar-refractivity contribution in [3.8, 4) is 17.2 Å². The van der Waals surface area contributed by atoms with Crippen LogP contribution in [0.5, 0.6) is 17.2 Å². The van der Waals surface area contributed by atoms with Gasteiger partial charge in [0, 0.05) is 48.6 Å². The highest BCUT2D eigenvalue weighted by Gasteiger charge is 2.35. The quantitative estimate of drug-likeness (QED) is 0.410. The minimum atomic E-state index is -0.892. The predicted octanol–water partition coefficient (Wildman–Crippen LogP) is 3.54. The lowest BCUT2D eigenvalue weighted by molar-refractivity contribution is -0.119. The lowest BCUT2D eigenvalue weighted by Crippen LogP contribution is -2.40. The van der Waals surface area contributed by atoms with Crippen LogP contribution in [0, 0.1) is 0 Å². The summed E-state index contributed by atoms with van der Waals surface area (Å²) in [6, 6.07) is 9.55. The molecule has 1 amide bonds. The second-order valence-electron chi connectivity index (χ2n) is 10.4. The minimum absolute atomic E-state index is 0.0786. The molecule has 5 rings (SSSR count). The van der Waals surface area contributed by atoms with Crippen molar-refractivity contribution in [2.75, 3.05) is 71.2 Å². The van der Waals surface area contributed by atoms with Crippen molar-refractivity contribution in [3.63, 3.8) is 0 Å². The molecule has 1 fully saturated rings. The first kappa shape index (κ1) is 28.3. The van der Waals surface area contributed by atoms with Crippen LogP contribution < -0.4 is 24.4 Å². The van der Waals surface area contributed by atoms with Crippen LogP contribution in [0.1, 0.15) is 49.0 Å². The summed E-state index contributed by atoms with van der Waals surface area (Å²) in [6.07, 6.45) is 4.37. The van der Waals surface area contributed by atoms with Gasteiger partial charge in [-0.15, -0.1) is 0 Å². The van der Waals surface area contributed by atoms with Gasteiger partial charge < -0.3 is 34.3 Å². The molecule has 2 aromatic rings. The first-order chi connectivity index (χ1) is 19.6. The van der Waals surface area contributed by atoms with Crippen LogP contribution in [-0.2, 0) is 16.0 Å². The van der Waals surface area contributed by atoms with Gasteiger partial charge in [-0.1, -0.05) is 19.1 Å². The van der Waals surface area contributed by atoms with Crippen LogP contribution in [0.25, 0.3) is 5.57 Å². The molecule has 0 radical (unpaired) electrons. The number of morpholine rings is 1. The van der Waals surface area contributed by atoms with Gasteiger partial charge in [-0.3, -0.25) is 9.69 Å². The first-order valence-corrected chi connectivity index (χ1v) is 14.4. The number of amides is 1. The highest BCUT2D eigenvalue weighted by atomic mass is 16.5. The Morgan fingerprint density at radius 1 is 1.18 bits per heavy atom. The molecule has 1 atom stereocenters. The van der Waals surface area contributed by atoms with Crippen molar-refractivity contribution < 1.29 is 28.8 Å². The molecule has 1 saturated heterocycles. The van der Waals surface area contributed by atoms with Crippen molar-refractivity contribution >= 4 is 17.2 Å². The van der Waals surface area contributed by atoms with E-state index in [9.17, 15) is 9.90 Å². The second-order valence-corrected chi connectivity index (χ2v) is 10.4. The van der Waals surface area contributed by atoms with Crippen molar-refractivity contribution in [2.24, 2.45) is 0 Å². The van der Waals surface area contributed by atoms with Crippen LogP contribution in [0.3, 0.4) is 0 Å². The van der Waals surface area contributed by atoms with Gasteiger partial charge in [-0.25, -0.2) is 0 Å². The zero-order valence-corrected chi connectivity index (χ0v) is 23.6. The molecule has 3 aliphatic heterocycles. The van der Waals surface area contributed by atoms with Gasteiger partial charge in [0.05, 0.1) is 39.2 Å². The van der Waals surface area contributed by atoms with E-state index in [1.54, 1.807) is 7.11 Å². The lowest BCUT2D eigenvalue weighted by atomic mass is 9.85. The molecular weight excluding hydrogens is 510 g/mol. The van der Waals surface area contributed by atoms with Gasteiger partial charge >= 0.3 is 0 Å². The van der Waals surface area contributed by atoms with Crippen LogP contribution in [0.15, 0.2) is 36.5 Å². The van der Waals surface area contributed by atoms with E-state index in [4.69, 9.17) is 18.9 Å². The minimum Gasteiger partial charge on any atom is -0.497 e. The van der Waals surface area contributed by atoms with Crippen LogP contribution >= 0.6 is 0 Å². The highest BCUT2D eigenvalue weighted by Crippen LogP contribution is 2.51. The fraction of sp³-hybridized carbons (Fsp3) is 0.516. The zero-order chi connectivity index (χ0) is 27.9. The fourth-order valence-corrected chi connectivity index (χ4v) is 5.58. The summed E-state index contributed by atoms with van der Waals surface area (Å²) < 4.78 is 23.0. The molecule has 0 bridgehead atoms. The average Bonchev–Trinajstić information content (AvgIpc) is 2.99. The number of benzene rings is 2. The third-order valence-electron chi connectivity index (χ3n) is 7.63. The number of fused-ring (bicyclic) bond motifs is 3. The highest BCUT2D eigenvalue weighted by molar-refractivity contribution is 5.89. The molecule has 0 spiro atoms. The number of aliphatic hydroxyl groups excluding tert-OH is 1. The summed E-state index contributed by atoms with van der Waals surface area (Å²) in [7, 11) is 1.63. The van der Waals surface area contributed by atoms with Gasteiger partial charge in [0.1, 0.15) is 29.9 Å². The Morgan fingerprint density at radius 2 is 1.98 bits per heavy atom. The van der Waals surface area contributed by atoms with Crippen molar-refractivity contribution in [2.45, 2.75) is 38.7 Å². The fourth-order valence-electron chi connectivity index (χ4n) is 5.58. The van der Waals surface area contributed by atoms with E-state index in [0.29, 0.717) is 25.5 Å². The predicted molar refractivity (Wildman–Crippen MR) is 154 cm³/mol. The number of aliphatic hydroxyl groups is 1. The summed E-state index contributed by atoms with van der Waals surface area (Å²) in [5.74, 6) is 2.04. The third kappa shape index (κ3) is 6.37. The van der Waals surface area contributed by atoms with Gasteiger partial charge in [-0.2, -0.15) is 0 Å². The van der Waals surface area contributed by atoms with Gasteiger partial charge in [0.15, 0.2) is 0 Å². The SMILES string of the molecule is CCCOc1cc2c(c3c1N(CC(=O)NCCCN1CCOCC1)C=C(c1ccc(OC)cc1)C3O)CCCO2. The summed E-state index contributed by atoms with van der Waals surface area (Å²) in [4.78, 5) is 17.5. The molecule has 0 saturated carbocycles. The summed E-state index contributed by atoms with van der Waals surface area (Å²) in [6.45, 7) is 8.28. The Hall–Kier alpha value is -3.27. The summed E-state index contributed by atoms with van der Waals surface area (Å²) in [5.41, 5.74) is 4.06. The number of anilines is 1. The molecule has 9 nitrogen and oxygen atoms in total. The molecule has 0 aromatic heterocycles. The standard InChI is InChI=1S/C31H41N3O6/c1-3-15-39-27-19-26-24(6-4-16-40-26)29-30(27)34(20-25(31(29)36)22-7-9-23(37-2)10-8-22)21-28(35)32-11-5-12-33-13-17-38-18-14-33/h7-10,19-20,31,36H,3-6,11-18,21H2,1-2H3,(H,32,35). The molecule has 2 aromatic carbocycles. The number of hydrogen-bond donors (Lipinski definition) is 2. The molecule has 0 aliphatic carbocycles. The van der Waals surface area contributed by atoms with E-state index in [1.807, 2.05) is 41.4 Å². The maximum Gasteiger partial charge on any atom is 0.239 e. The monoisotopic (exact) mass is 551 g/mol. The van der Waals surface area contributed by atoms with E-state index in [1.165, 1.54) is 0 Å². The maximum absolute atomic E-state index is 13.2. The van der Waals surface area contributed by atoms with E-state index in [2.05, 4.69) is 17.1 Å². The van der Waals surface area contributed by atoms with E-state index >= 15 is 0 Å². The smallest absolute Gasteiger partial charge is 0.239 e. The number of carbonyl (C=O) groups is 1. The molecule has 3 heterocycles. The molecule has 40 heavy (non-hydrogen) atoms. The number of nitrogens with zero attached hydrogens (tertiary/aromatic N) is 2. The topological polar surface area (TPSA) is 92.7 Å². The normalized spacial score (nSPS) is 18.7. The van der Waals surface area contributed by atoms with Crippen LogP contribution in [-0.4, -0.2) is 82.2 Å². The Morgan fingerprint density at radius 3 is 2.73 bits per heavy atom. The largest absolute Gasteiger partial charge is 0.497 e. The lowest BCUT2D eigenvalue weighted by Gasteiger charge is -2.36. The zero-order valence-electron chi connectivity index (χ0n) is 23.6. The van der Waals surface area contributed by atoms with E-state index < -0.39 is 6.10 Å². The van der Waals surface area contributed by atoms with Gasteiger partial charge in [0.2, 0.25) is 5.91 Å². The van der Waals surface area contributed by atoms with Crippen LogP contribution in [0.2, 0.25) is 0 Å². The number of hydrogen-bond acceptors (Lipinski definition) is 8. The summed E-state index contributed by atoms with van der Waals surface area (Å²) in [5, 5.41) is 14.9.